The van der Waals surface area contributed by atoms with Gasteiger partial charge in [-0.3, -0.25) is 0 Å². The molecule has 1 heterocycles. The fraction of sp³-hybridized carbons (Fsp3) is 0.667. The molecule has 88 valence electrons. The lowest BCUT2D eigenvalue weighted by Gasteiger charge is -2.36. The van der Waals surface area contributed by atoms with Crippen LogP contribution in [-0.4, -0.2) is 27.2 Å². The van der Waals surface area contributed by atoms with E-state index in [1.165, 1.54) is 19.3 Å². The van der Waals surface area contributed by atoms with Gasteiger partial charge in [-0.25, -0.2) is 9.97 Å². The minimum Gasteiger partial charge on any atom is -0.394 e. The highest BCUT2D eigenvalue weighted by Gasteiger charge is 2.31. The number of aromatic nitrogens is 2. The van der Waals surface area contributed by atoms with Crippen molar-refractivity contribution in [2.45, 2.75) is 44.6 Å². The van der Waals surface area contributed by atoms with E-state index < -0.39 is 0 Å². The predicted molar refractivity (Wildman–Crippen MR) is 63.3 cm³/mol. The van der Waals surface area contributed by atoms with E-state index in [4.69, 9.17) is 0 Å². The molecule has 2 rings (SSSR count). The number of aliphatic hydroxyl groups is 1. The zero-order chi connectivity index (χ0) is 11.4. The van der Waals surface area contributed by atoms with Gasteiger partial charge >= 0.3 is 0 Å². The minimum absolute atomic E-state index is 0.168. The van der Waals surface area contributed by atoms with Gasteiger partial charge in [0.1, 0.15) is 12.1 Å². The molecule has 0 unspecified atom stereocenters. The van der Waals surface area contributed by atoms with Crippen molar-refractivity contribution in [3.63, 3.8) is 0 Å². The van der Waals surface area contributed by atoms with Crippen LogP contribution >= 0.6 is 0 Å². The Hall–Kier alpha value is -1.16. The molecule has 0 radical (unpaired) electrons. The predicted octanol–water partition coefficient (Wildman–Crippen LogP) is 1.89. The first kappa shape index (κ1) is 11.3. The van der Waals surface area contributed by atoms with E-state index in [0.29, 0.717) is 0 Å². The van der Waals surface area contributed by atoms with Crippen LogP contribution in [0.5, 0.6) is 0 Å². The summed E-state index contributed by atoms with van der Waals surface area (Å²) in [5.41, 5.74) is 0.778. The van der Waals surface area contributed by atoms with Gasteiger partial charge in [0.05, 0.1) is 12.1 Å². The summed E-state index contributed by atoms with van der Waals surface area (Å²) in [6.07, 6.45) is 7.23. The fourth-order valence-electron chi connectivity index (χ4n) is 2.35. The summed E-state index contributed by atoms with van der Waals surface area (Å²) in [4.78, 5) is 8.26. The fourth-order valence-corrected chi connectivity index (χ4v) is 2.35. The second kappa shape index (κ2) is 4.78. The van der Waals surface area contributed by atoms with Crippen molar-refractivity contribution >= 4 is 5.82 Å². The van der Waals surface area contributed by atoms with E-state index in [1.807, 2.05) is 13.0 Å². The molecule has 16 heavy (non-hydrogen) atoms. The van der Waals surface area contributed by atoms with E-state index in [-0.39, 0.29) is 12.1 Å². The molecule has 4 nitrogen and oxygen atoms in total. The third-order valence-corrected chi connectivity index (χ3v) is 3.31. The molecule has 0 aromatic carbocycles. The van der Waals surface area contributed by atoms with Crippen LogP contribution in [0.25, 0.3) is 0 Å². The van der Waals surface area contributed by atoms with Gasteiger partial charge in [0.25, 0.3) is 0 Å². The molecule has 0 amide bonds. The number of aryl methyl sites for hydroxylation is 1. The van der Waals surface area contributed by atoms with E-state index in [1.54, 1.807) is 6.33 Å². The zero-order valence-corrected chi connectivity index (χ0v) is 9.74. The smallest absolute Gasteiger partial charge is 0.130 e. The Kier molecular flexibility index (Phi) is 3.39. The molecular formula is C12H19N3O. The van der Waals surface area contributed by atoms with E-state index >= 15 is 0 Å². The van der Waals surface area contributed by atoms with Crippen LogP contribution in [-0.2, 0) is 0 Å². The molecule has 0 atom stereocenters. The Bertz CT molecular complexity index is 348. The van der Waals surface area contributed by atoms with Crippen LogP contribution in [0.3, 0.4) is 0 Å². The molecule has 1 aromatic heterocycles. The van der Waals surface area contributed by atoms with E-state index in [2.05, 4.69) is 15.3 Å². The van der Waals surface area contributed by atoms with Gasteiger partial charge in [0.15, 0.2) is 0 Å². The first-order chi connectivity index (χ1) is 7.74. The molecule has 0 aliphatic heterocycles. The molecule has 1 fully saturated rings. The normalized spacial score (nSPS) is 19.4. The van der Waals surface area contributed by atoms with Crippen molar-refractivity contribution in [1.29, 1.82) is 0 Å². The van der Waals surface area contributed by atoms with Gasteiger partial charge in [-0.05, 0) is 19.8 Å². The molecule has 0 spiro atoms. The number of nitrogens with one attached hydrogen (secondary N) is 1. The lowest BCUT2D eigenvalue weighted by Crippen LogP contribution is -2.44. The van der Waals surface area contributed by atoms with Crippen LogP contribution < -0.4 is 5.32 Å². The summed E-state index contributed by atoms with van der Waals surface area (Å²) >= 11 is 0. The van der Waals surface area contributed by atoms with Crippen LogP contribution in [0.15, 0.2) is 12.4 Å². The molecule has 4 heteroatoms. The number of aliphatic hydroxyl groups excluding tert-OH is 1. The zero-order valence-electron chi connectivity index (χ0n) is 9.74. The molecule has 1 aliphatic rings. The molecule has 1 aliphatic carbocycles. The Morgan fingerprint density at radius 1 is 1.31 bits per heavy atom. The SMILES string of the molecule is Cc1cc(NC2(CO)CCCCC2)ncn1. The Morgan fingerprint density at radius 3 is 2.69 bits per heavy atom. The summed E-state index contributed by atoms with van der Waals surface area (Å²) in [6, 6.07) is 1.92. The third kappa shape index (κ3) is 2.50. The van der Waals surface area contributed by atoms with Crippen LogP contribution in [0.4, 0.5) is 5.82 Å². The maximum Gasteiger partial charge on any atom is 0.130 e. The average Bonchev–Trinajstić information content (AvgIpc) is 2.30. The van der Waals surface area contributed by atoms with Crippen molar-refractivity contribution < 1.29 is 5.11 Å². The molecule has 1 aromatic rings. The summed E-state index contributed by atoms with van der Waals surface area (Å²) in [6.45, 7) is 2.12. The van der Waals surface area contributed by atoms with Gasteiger partial charge < -0.3 is 10.4 Å². The second-order valence-electron chi connectivity index (χ2n) is 4.67. The standard InChI is InChI=1S/C12H19N3O/c1-10-7-11(14-9-13-10)15-12(8-16)5-3-2-4-6-12/h7,9,16H,2-6,8H2,1H3,(H,13,14,15). The Labute approximate surface area is 96.1 Å². The molecule has 0 bridgehead atoms. The van der Waals surface area contributed by atoms with Crippen molar-refractivity contribution in [2.75, 3.05) is 11.9 Å². The molecular weight excluding hydrogens is 202 g/mol. The maximum atomic E-state index is 9.57. The number of hydrogen-bond acceptors (Lipinski definition) is 4. The Balaban J connectivity index is 2.11. The number of rotatable bonds is 3. The highest BCUT2D eigenvalue weighted by molar-refractivity contribution is 5.38. The summed E-state index contributed by atoms with van der Waals surface area (Å²) in [5.74, 6) is 0.823. The van der Waals surface area contributed by atoms with Gasteiger partial charge in [-0.2, -0.15) is 0 Å². The molecule has 2 N–H and O–H groups in total. The van der Waals surface area contributed by atoms with Gasteiger partial charge in [-0.15, -0.1) is 0 Å². The average molecular weight is 221 g/mol. The van der Waals surface area contributed by atoms with Crippen LogP contribution in [0.1, 0.15) is 37.8 Å². The maximum absolute atomic E-state index is 9.57. The first-order valence-corrected chi connectivity index (χ1v) is 5.92. The minimum atomic E-state index is -0.168. The molecule has 0 saturated heterocycles. The van der Waals surface area contributed by atoms with Crippen molar-refractivity contribution in [2.24, 2.45) is 0 Å². The third-order valence-electron chi connectivity index (χ3n) is 3.31. The van der Waals surface area contributed by atoms with Crippen LogP contribution in [0.2, 0.25) is 0 Å². The van der Waals surface area contributed by atoms with E-state index in [0.717, 1.165) is 24.4 Å². The number of hydrogen-bond donors (Lipinski definition) is 2. The van der Waals surface area contributed by atoms with Gasteiger partial charge in [0, 0.05) is 11.8 Å². The molecule has 1 saturated carbocycles. The van der Waals surface area contributed by atoms with Crippen molar-refractivity contribution in [1.82, 2.24) is 9.97 Å². The second-order valence-corrected chi connectivity index (χ2v) is 4.67. The summed E-state index contributed by atoms with van der Waals surface area (Å²) in [7, 11) is 0. The van der Waals surface area contributed by atoms with E-state index in [9.17, 15) is 5.11 Å². The quantitative estimate of drug-likeness (QED) is 0.818. The largest absolute Gasteiger partial charge is 0.394 e. The summed E-state index contributed by atoms with van der Waals surface area (Å²) in [5, 5.41) is 12.9. The van der Waals surface area contributed by atoms with Crippen molar-refractivity contribution in [3.8, 4) is 0 Å². The van der Waals surface area contributed by atoms with Gasteiger partial charge in [0.2, 0.25) is 0 Å². The topological polar surface area (TPSA) is 58.0 Å². The van der Waals surface area contributed by atoms with Gasteiger partial charge in [-0.1, -0.05) is 19.3 Å². The number of nitrogens with zero attached hydrogens (tertiary/aromatic N) is 2. The van der Waals surface area contributed by atoms with Crippen LogP contribution in [0, 0.1) is 6.92 Å². The Morgan fingerprint density at radius 2 is 2.06 bits per heavy atom. The highest BCUT2D eigenvalue weighted by Crippen LogP contribution is 2.30. The number of anilines is 1. The summed E-state index contributed by atoms with van der Waals surface area (Å²) < 4.78 is 0. The van der Waals surface area contributed by atoms with Crippen molar-refractivity contribution in [3.05, 3.63) is 18.1 Å². The first-order valence-electron chi connectivity index (χ1n) is 5.92. The highest BCUT2D eigenvalue weighted by atomic mass is 16.3. The monoisotopic (exact) mass is 221 g/mol. The lowest BCUT2D eigenvalue weighted by molar-refractivity contribution is 0.172. The lowest BCUT2D eigenvalue weighted by atomic mass is 9.82.